The van der Waals surface area contributed by atoms with Gasteiger partial charge in [0.1, 0.15) is 11.9 Å². The van der Waals surface area contributed by atoms with Gasteiger partial charge in [-0.15, -0.1) is 12.4 Å². The fourth-order valence-corrected chi connectivity index (χ4v) is 0.979. The van der Waals surface area contributed by atoms with Gasteiger partial charge in [-0.25, -0.2) is 13.2 Å². The molecule has 0 saturated heterocycles. The van der Waals surface area contributed by atoms with Gasteiger partial charge < -0.3 is 5.73 Å². The van der Waals surface area contributed by atoms with Crippen molar-refractivity contribution in [3.63, 3.8) is 0 Å². The molecule has 0 fully saturated rings. The molecule has 92 valence electrons. The first-order valence-electron chi connectivity index (χ1n) is 3.70. The van der Waals surface area contributed by atoms with Crippen LogP contribution in [-0.2, 0) is 0 Å². The van der Waals surface area contributed by atoms with Crippen molar-refractivity contribution in [1.29, 1.82) is 0 Å². The third kappa shape index (κ3) is 3.02. The number of alkyl halides is 3. The highest BCUT2D eigenvalue weighted by Crippen LogP contribution is 2.32. The predicted molar refractivity (Wildman–Crippen MR) is 46.5 cm³/mol. The summed E-state index contributed by atoms with van der Waals surface area (Å²) in [5.41, 5.74) is 3.36. The van der Waals surface area contributed by atoms with E-state index in [0.717, 1.165) is 0 Å². The maximum Gasteiger partial charge on any atom is 0.407 e. The molecule has 2 N–H and O–H groups in total. The molecule has 0 aromatic heterocycles. The van der Waals surface area contributed by atoms with Crippen LogP contribution in [0.15, 0.2) is 12.1 Å². The Morgan fingerprint density at radius 2 is 1.56 bits per heavy atom. The minimum atomic E-state index is -4.96. The Hall–Kier alpha value is -0.950. The lowest BCUT2D eigenvalue weighted by atomic mass is 10.1. The molecular formula is C8H6ClF6N. The Bertz CT molecular complexity index is 378. The van der Waals surface area contributed by atoms with Crippen molar-refractivity contribution < 1.29 is 26.3 Å². The molecule has 16 heavy (non-hydrogen) atoms. The van der Waals surface area contributed by atoms with Crippen molar-refractivity contribution in [2.24, 2.45) is 5.73 Å². The van der Waals surface area contributed by atoms with E-state index in [1.807, 2.05) is 0 Å². The van der Waals surface area contributed by atoms with Crippen molar-refractivity contribution in [1.82, 2.24) is 0 Å². The summed E-state index contributed by atoms with van der Waals surface area (Å²) in [4.78, 5) is 0. The van der Waals surface area contributed by atoms with Gasteiger partial charge in [-0.1, -0.05) is 0 Å². The number of nitrogens with two attached hydrogens (primary N) is 1. The minimum Gasteiger partial charge on any atom is -0.316 e. The van der Waals surface area contributed by atoms with E-state index in [-0.39, 0.29) is 24.5 Å². The highest BCUT2D eigenvalue weighted by Gasteiger charge is 2.40. The van der Waals surface area contributed by atoms with Crippen LogP contribution in [0.3, 0.4) is 0 Å². The summed E-state index contributed by atoms with van der Waals surface area (Å²) >= 11 is 0. The molecule has 0 amide bonds. The standard InChI is InChI=1S/C8H5F6N.ClH/c9-3-1-4(6(11)5(10)2-3)7(15)8(12,13)14;/h1-2,7H,15H2;1H/t7-;/m0./s1. The monoisotopic (exact) mass is 265 g/mol. The largest absolute Gasteiger partial charge is 0.407 e. The quantitative estimate of drug-likeness (QED) is 0.613. The Morgan fingerprint density at radius 3 is 2.00 bits per heavy atom. The molecule has 8 heteroatoms. The Labute approximate surface area is 92.6 Å². The second-order valence-corrected chi connectivity index (χ2v) is 2.81. The first-order chi connectivity index (χ1) is 6.73. The molecule has 0 aliphatic carbocycles. The first kappa shape index (κ1) is 15.0. The third-order valence-corrected chi connectivity index (χ3v) is 1.71. The van der Waals surface area contributed by atoms with Crippen LogP contribution in [-0.4, -0.2) is 6.18 Å². The zero-order valence-electron chi connectivity index (χ0n) is 7.49. The van der Waals surface area contributed by atoms with Crippen LogP contribution in [0.4, 0.5) is 26.3 Å². The maximum absolute atomic E-state index is 12.8. The summed E-state index contributed by atoms with van der Waals surface area (Å²) < 4.78 is 74.0. The molecule has 1 aromatic carbocycles. The number of benzene rings is 1. The second-order valence-electron chi connectivity index (χ2n) is 2.81. The summed E-state index contributed by atoms with van der Waals surface area (Å²) in [5.74, 6) is -4.81. The van der Waals surface area contributed by atoms with Crippen LogP contribution in [0.5, 0.6) is 0 Å². The van der Waals surface area contributed by atoms with Crippen molar-refractivity contribution >= 4 is 12.4 Å². The average molecular weight is 266 g/mol. The van der Waals surface area contributed by atoms with E-state index in [9.17, 15) is 26.3 Å². The molecule has 0 aliphatic rings. The average Bonchev–Trinajstić information content (AvgIpc) is 2.08. The van der Waals surface area contributed by atoms with Crippen LogP contribution in [0.1, 0.15) is 11.6 Å². The van der Waals surface area contributed by atoms with Gasteiger partial charge in [-0.3, -0.25) is 0 Å². The minimum absolute atomic E-state index is 0. The highest BCUT2D eigenvalue weighted by atomic mass is 35.5. The predicted octanol–water partition coefficient (Wildman–Crippen LogP) is 3.09. The molecule has 1 nitrogen and oxygen atoms in total. The van der Waals surface area contributed by atoms with Gasteiger partial charge in [0.2, 0.25) is 0 Å². The SMILES string of the molecule is Cl.N[C@@H](c1cc(F)cc(F)c1F)C(F)(F)F. The molecule has 0 aliphatic heterocycles. The lowest BCUT2D eigenvalue weighted by molar-refractivity contribution is -0.149. The number of rotatable bonds is 1. The van der Waals surface area contributed by atoms with Crippen molar-refractivity contribution in [2.45, 2.75) is 12.2 Å². The molecule has 1 rings (SSSR count). The normalized spacial score (nSPS) is 13.2. The highest BCUT2D eigenvalue weighted by molar-refractivity contribution is 5.85. The summed E-state index contributed by atoms with van der Waals surface area (Å²) in [7, 11) is 0. The van der Waals surface area contributed by atoms with Crippen molar-refractivity contribution in [2.75, 3.05) is 0 Å². The van der Waals surface area contributed by atoms with Gasteiger partial charge >= 0.3 is 6.18 Å². The molecule has 0 radical (unpaired) electrons. The zero-order chi connectivity index (χ0) is 11.8. The Balaban J connectivity index is 0.00000225. The Kier molecular flexibility index (Phi) is 4.63. The lowest BCUT2D eigenvalue weighted by Gasteiger charge is -2.16. The van der Waals surface area contributed by atoms with E-state index >= 15 is 0 Å². The lowest BCUT2D eigenvalue weighted by Crippen LogP contribution is -2.29. The topological polar surface area (TPSA) is 26.0 Å². The van der Waals surface area contributed by atoms with Gasteiger partial charge in [0.15, 0.2) is 11.6 Å². The van der Waals surface area contributed by atoms with E-state index in [1.165, 1.54) is 0 Å². The molecule has 0 heterocycles. The third-order valence-electron chi connectivity index (χ3n) is 1.71. The van der Waals surface area contributed by atoms with Crippen LogP contribution in [0.25, 0.3) is 0 Å². The van der Waals surface area contributed by atoms with E-state index in [2.05, 4.69) is 5.73 Å². The van der Waals surface area contributed by atoms with Gasteiger partial charge in [-0.05, 0) is 6.07 Å². The van der Waals surface area contributed by atoms with Crippen molar-refractivity contribution in [3.8, 4) is 0 Å². The van der Waals surface area contributed by atoms with Gasteiger partial charge in [-0.2, -0.15) is 13.2 Å². The summed E-state index contributed by atoms with van der Waals surface area (Å²) in [6.45, 7) is 0. The number of hydrogen-bond acceptors (Lipinski definition) is 1. The van der Waals surface area contributed by atoms with Crippen LogP contribution in [0.2, 0.25) is 0 Å². The maximum atomic E-state index is 12.8. The zero-order valence-corrected chi connectivity index (χ0v) is 8.30. The molecule has 1 atom stereocenters. The molecular weight excluding hydrogens is 260 g/mol. The van der Waals surface area contributed by atoms with Crippen LogP contribution >= 0.6 is 12.4 Å². The van der Waals surface area contributed by atoms with Crippen LogP contribution in [0, 0.1) is 17.5 Å². The number of hydrogen-bond donors (Lipinski definition) is 1. The van der Waals surface area contributed by atoms with E-state index < -0.39 is 35.2 Å². The van der Waals surface area contributed by atoms with Gasteiger partial charge in [0, 0.05) is 11.6 Å². The van der Waals surface area contributed by atoms with Crippen LogP contribution < -0.4 is 5.73 Å². The van der Waals surface area contributed by atoms with E-state index in [4.69, 9.17) is 0 Å². The molecule has 1 aromatic rings. The Morgan fingerprint density at radius 1 is 1.06 bits per heavy atom. The second kappa shape index (κ2) is 4.92. The van der Waals surface area contributed by atoms with Gasteiger partial charge in [0.25, 0.3) is 0 Å². The van der Waals surface area contributed by atoms with Crippen molar-refractivity contribution in [3.05, 3.63) is 35.1 Å². The van der Waals surface area contributed by atoms with E-state index in [1.54, 1.807) is 0 Å². The van der Waals surface area contributed by atoms with E-state index in [0.29, 0.717) is 0 Å². The molecule has 0 unspecified atom stereocenters. The summed E-state index contributed by atoms with van der Waals surface area (Å²) in [6, 6.07) is -2.39. The van der Waals surface area contributed by atoms with Gasteiger partial charge in [0.05, 0.1) is 0 Å². The summed E-state index contributed by atoms with van der Waals surface area (Å²) in [5, 5.41) is 0. The fourth-order valence-electron chi connectivity index (χ4n) is 0.979. The number of halogens is 7. The fraction of sp³-hybridized carbons (Fsp3) is 0.250. The smallest absolute Gasteiger partial charge is 0.316 e. The molecule has 0 saturated carbocycles. The summed E-state index contributed by atoms with van der Waals surface area (Å²) in [6.07, 6.45) is -4.96. The first-order valence-corrected chi connectivity index (χ1v) is 3.70. The molecule has 0 bridgehead atoms. The molecule has 0 spiro atoms.